The summed E-state index contributed by atoms with van der Waals surface area (Å²) >= 11 is 0. The molecule has 62 valence electrons. The Morgan fingerprint density at radius 2 is 1.91 bits per heavy atom. The van der Waals surface area contributed by atoms with E-state index in [1.165, 1.54) is 38.6 Å². The fourth-order valence-corrected chi connectivity index (χ4v) is 1.85. The molecule has 1 atom stereocenters. The molecular formula is C10H17N. The van der Waals surface area contributed by atoms with Gasteiger partial charge in [-0.3, -0.25) is 0 Å². The van der Waals surface area contributed by atoms with E-state index in [2.05, 4.69) is 17.5 Å². The van der Waals surface area contributed by atoms with Crippen LogP contribution in [-0.4, -0.2) is 12.6 Å². The predicted molar refractivity (Wildman–Crippen MR) is 47.5 cm³/mol. The molecule has 1 saturated heterocycles. The van der Waals surface area contributed by atoms with E-state index in [9.17, 15) is 0 Å². The van der Waals surface area contributed by atoms with Gasteiger partial charge in [0.15, 0.2) is 0 Å². The zero-order chi connectivity index (χ0) is 7.52. The van der Waals surface area contributed by atoms with Crippen LogP contribution in [0.2, 0.25) is 0 Å². The Bertz CT molecular complexity index is 139. The summed E-state index contributed by atoms with van der Waals surface area (Å²) in [6.07, 6.45) is 11.7. The third-order valence-electron chi connectivity index (χ3n) is 2.76. The molecule has 0 bridgehead atoms. The second-order valence-electron chi connectivity index (χ2n) is 3.84. The van der Waals surface area contributed by atoms with Crippen LogP contribution in [0.1, 0.15) is 32.1 Å². The van der Waals surface area contributed by atoms with Gasteiger partial charge in [0.2, 0.25) is 0 Å². The topological polar surface area (TPSA) is 21.9 Å². The van der Waals surface area contributed by atoms with Gasteiger partial charge in [-0.25, -0.2) is 0 Å². The molecular weight excluding hydrogens is 134 g/mol. The van der Waals surface area contributed by atoms with Crippen LogP contribution in [0.3, 0.4) is 0 Å². The quantitative estimate of drug-likeness (QED) is 0.482. The van der Waals surface area contributed by atoms with Crippen molar-refractivity contribution in [2.24, 2.45) is 5.92 Å². The molecule has 0 aromatic heterocycles. The lowest BCUT2D eigenvalue weighted by Gasteiger charge is -2.06. The summed E-state index contributed by atoms with van der Waals surface area (Å²) in [4.78, 5) is 0. The van der Waals surface area contributed by atoms with Gasteiger partial charge < -0.3 is 5.32 Å². The number of allylic oxidation sites excluding steroid dienone is 2. The van der Waals surface area contributed by atoms with Gasteiger partial charge in [0.05, 0.1) is 0 Å². The molecule has 0 spiro atoms. The lowest BCUT2D eigenvalue weighted by atomic mass is 9.99. The van der Waals surface area contributed by atoms with Crippen molar-refractivity contribution in [3.05, 3.63) is 12.2 Å². The van der Waals surface area contributed by atoms with Crippen LogP contribution in [0.15, 0.2) is 12.2 Å². The number of nitrogens with one attached hydrogen (secondary N) is 1. The van der Waals surface area contributed by atoms with E-state index >= 15 is 0 Å². The third kappa shape index (κ3) is 2.33. The van der Waals surface area contributed by atoms with Crippen LogP contribution < -0.4 is 5.32 Å². The van der Waals surface area contributed by atoms with E-state index in [1.807, 2.05) is 0 Å². The lowest BCUT2D eigenvalue weighted by Crippen LogP contribution is -1.96. The van der Waals surface area contributed by atoms with Gasteiger partial charge >= 0.3 is 0 Å². The zero-order valence-electron chi connectivity index (χ0n) is 7.05. The van der Waals surface area contributed by atoms with Gasteiger partial charge in [0.1, 0.15) is 0 Å². The average molecular weight is 151 g/mol. The summed E-state index contributed by atoms with van der Waals surface area (Å²) in [6.45, 7) is 1.28. The first-order valence-electron chi connectivity index (χ1n) is 4.83. The monoisotopic (exact) mass is 151 g/mol. The fourth-order valence-electron chi connectivity index (χ4n) is 1.85. The molecule has 1 fully saturated rings. The highest BCUT2D eigenvalue weighted by atomic mass is 15.1. The SMILES string of the molecule is C1=CCC(CCCC2CN2)C1. The van der Waals surface area contributed by atoms with Crippen molar-refractivity contribution >= 4 is 0 Å². The van der Waals surface area contributed by atoms with E-state index in [4.69, 9.17) is 0 Å². The van der Waals surface area contributed by atoms with Crippen LogP contribution >= 0.6 is 0 Å². The van der Waals surface area contributed by atoms with Gasteiger partial charge in [-0.15, -0.1) is 0 Å². The van der Waals surface area contributed by atoms with E-state index in [0.717, 1.165) is 12.0 Å². The summed E-state index contributed by atoms with van der Waals surface area (Å²) in [6, 6.07) is 0.893. The highest BCUT2D eigenvalue weighted by molar-refractivity contribution is 4.94. The van der Waals surface area contributed by atoms with Crippen molar-refractivity contribution in [1.29, 1.82) is 0 Å². The molecule has 2 aliphatic rings. The minimum Gasteiger partial charge on any atom is -0.311 e. The lowest BCUT2D eigenvalue weighted by molar-refractivity contribution is 0.486. The molecule has 0 saturated carbocycles. The van der Waals surface area contributed by atoms with Crippen LogP contribution in [0, 0.1) is 5.92 Å². The molecule has 1 N–H and O–H groups in total. The summed E-state index contributed by atoms with van der Waals surface area (Å²) in [5.41, 5.74) is 0. The molecule has 1 heterocycles. The molecule has 1 nitrogen and oxygen atoms in total. The average Bonchev–Trinajstić information content (AvgIpc) is 2.66. The van der Waals surface area contributed by atoms with Gasteiger partial charge in [-0.05, 0) is 31.6 Å². The van der Waals surface area contributed by atoms with Gasteiger partial charge in [-0.1, -0.05) is 18.6 Å². The largest absolute Gasteiger partial charge is 0.311 e. The normalized spacial score (nSPS) is 29.6. The summed E-state index contributed by atoms with van der Waals surface area (Å²) in [5.74, 6) is 0.994. The number of hydrogen-bond donors (Lipinski definition) is 1. The smallest absolute Gasteiger partial charge is 0.0193 e. The van der Waals surface area contributed by atoms with Gasteiger partial charge in [-0.2, -0.15) is 0 Å². The van der Waals surface area contributed by atoms with Gasteiger partial charge in [0.25, 0.3) is 0 Å². The molecule has 0 aromatic rings. The van der Waals surface area contributed by atoms with Crippen LogP contribution in [0.25, 0.3) is 0 Å². The second-order valence-corrected chi connectivity index (χ2v) is 3.84. The van der Waals surface area contributed by atoms with Crippen LogP contribution in [-0.2, 0) is 0 Å². The first-order valence-corrected chi connectivity index (χ1v) is 4.83. The summed E-state index contributed by atoms with van der Waals surface area (Å²) in [7, 11) is 0. The summed E-state index contributed by atoms with van der Waals surface area (Å²) in [5, 5.41) is 3.34. The van der Waals surface area contributed by atoms with Crippen molar-refractivity contribution in [3.63, 3.8) is 0 Å². The van der Waals surface area contributed by atoms with E-state index in [-0.39, 0.29) is 0 Å². The Kier molecular flexibility index (Phi) is 2.27. The van der Waals surface area contributed by atoms with Crippen molar-refractivity contribution in [1.82, 2.24) is 5.32 Å². The number of rotatable bonds is 4. The second kappa shape index (κ2) is 3.40. The minimum atomic E-state index is 0.893. The molecule has 0 amide bonds. The van der Waals surface area contributed by atoms with Crippen molar-refractivity contribution < 1.29 is 0 Å². The standard InChI is InChI=1S/C10H17N/c1-2-5-9(4-1)6-3-7-10-8-11-10/h1-2,9-11H,3-8H2. The van der Waals surface area contributed by atoms with E-state index in [0.29, 0.717) is 0 Å². The fraction of sp³-hybridized carbons (Fsp3) is 0.800. The predicted octanol–water partition coefficient (Wildman–Crippen LogP) is 2.09. The van der Waals surface area contributed by atoms with E-state index in [1.54, 1.807) is 0 Å². The first-order chi connectivity index (χ1) is 5.45. The Labute approximate surface area is 68.9 Å². The van der Waals surface area contributed by atoms with Crippen LogP contribution in [0.4, 0.5) is 0 Å². The maximum Gasteiger partial charge on any atom is 0.0193 e. The maximum atomic E-state index is 3.34. The molecule has 1 aliphatic carbocycles. The molecule has 1 unspecified atom stereocenters. The van der Waals surface area contributed by atoms with Crippen molar-refractivity contribution in [2.75, 3.05) is 6.54 Å². The Morgan fingerprint density at radius 1 is 1.18 bits per heavy atom. The van der Waals surface area contributed by atoms with E-state index < -0.39 is 0 Å². The molecule has 11 heavy (non-hydrogen) atoms. The molecule has 1 heteroatoms. The van der Waals surface area contributed by atoms with Crippen LogP contribution in [0.5, 0.6) is 0 Å². The Morgan fingerprint density at radius 3 is 2.55 bits per heavy atom. The molecule has 1 aliphatic heterocycles. The highest BCUT2D eigenvalue weighted by Crippen LogP contribution is 2.24. The van der Waals surface area contributed by atoms with Crippen molar-refractivity contribution in [2.45, 2.75) is 38.1 Å². The number of hydrogen-bond acceptors (Lipinski definition) is 1. The molecule has 0 aromatic carbocycles. The first kappa shape index (κ1) is 7.35. The Balaban J connectivity index is 1.52. The zero-order valence-corrected chi connectivity index (χ0v) is 7.05. The van der Waals surface area contributed by atoms with Gasteiger partial charge in [0, 0.05) is 12.6 Å². The van der Waals surface area contributed by atoms with Crippen molar-refractivity contribution in [3.8, 4) is 0 Å². The molecule has 2 rings (SSSR count). The minimum absolute atomic E-state index is 0.893. The maximum absolute atomic E-state index is 3.34. The third-order valence-corrected chi connectivity index (χ3v) is 2.76. The highest BCUT2D eigenvalue weighted by Gasteiger charge is 2.19. The summed E-state index contributed by atoms with van der Waals surface area (Å²) < 4.78 is 0. The molecule has 0 radical (unpaired) electrons. The Hall–Kier alpha value is -0.300.